The Bertz CT molecular complexity index is 1260. The second kappa shape index (κ2) is 7.30. The third-order valence-corrected chi connectivity index (χ3v) is 5.74. The Kier molecular flexibility index (Phi) is 4.47. The molecule has 0 atom stereocenters. The lowest BCUT2D eigenvalue weighted by atomic mass is 9.99. The van der Waals surface area contributed by atoms with E-state index in [1.54, 1.807) is 6.20 Å². The SMILES string of the molecule is CCn1cc(C(=O)N2CCc3ccccc3C2)c2nn(-c3ccccc3)c(=O)c-2c1. The van der Waals surface area contributed by atoms with Gasteiger partial charge in [0.15, 0.2) is 0 Å². The molecule has 0 aliphatic carbocycles. The van der Waals surface area contributed by atoms with Gasteiger partial charge in [0.05, 0.1) is 16.8 Å². The molecule has 150 valence electrons. The highest BCUT2D eigenvalue weighted by molar-refractivity contribution is 6.00. The molecule has 1 amide bonds. The first-order chi connectivity index (χ1) is 14.7. The van der Waals surface area contributed by atoms with E-state index in [0.29, 0.717) is 42.1 Å². The minimum absolute atomic E-state index is 0.0879. The third kappa shape index (κ3) is 3.01. The molecule has 3 heterocycles. The maximum absolute atomic E-state index is 13.5. The number of pyridine rings is 1. The van der Waals surface area contributed by atoms with Gasteiger partial charge in [0.2, 0.25) is 0 Å². The zero-order valence-corrected chi connectivity index (χ0v) is 16.8. The second-order valence-electron chi connectivity index (χ2n) is 7.56. The molecule has 30 heavy (non-hydrogen) atoms. The minimum atomic E-state index is -0.211. The van der Waals surface area contributed by atoms with Crippen molar-refractivity contribution < 1.29 is 4.79 Å². The molecule has 2 aromatic carbocycles. The van der Waals surface area contributed by atoms with Gasteiger partial charge >= 0.3 is 0 Å². The van der Waals surface area contributed by atoms with E-state index in [2.05, 4.69) is 17.2 Å². The van der Waals surface area contributed by atoms with Gasteiger partial charge in [-0.05, 0) is 36.6 Å². The number of hydrogen-bond donors (Lipinski definition) is 0. The lowest BCUT2D eigenvalue weighted by molar-refractivity contribution is 0.0734. The van der Waals surface area contributed by atoms with Crippen LogP contribution < -0.4 is 5.56 Å². The normalized spacial score (nSPS) is 13.4. The number of aromatic nitrogens is 3. The molecule has 0 N–H and O–H groups in total. The minimum Gasteiger partial charge on any atom is -0.353 e. The van der Waals surface area contributed by atoms with Gasteiger partial charge in [-0.25, -0.2) is 0 Å². The maximum Gasteiger partial charge on any atom is 0.282 e. The molecule has 0 radical (unpaired) electrons. The van der Waals surface area contributed by atoms with Crippen LogP contribution in [0.4, 0.5) is 0 Å². The molecular weight excluding hydrogens is 376 g/mol. The number of nitrogens with zero attached hydrogens (tertiary/aromatic N) is 4. The molecule has 6 heteroatoms. The lowest BCUT2D eigenvalue weighted by Crippen LogP contribution is -2.36. The number of rotatable bonds is 3. The average Bonchev–Trinajstić information content (AvgIpc) is 3.14. The number of aryl methyl sites for hydroxylation is 1. The third-order valence-electron chi connectivity index (χ3n) is 5.74. The van der Waals surface area contributed by atoms with E-state index in [-0.39, 0.29) is 11.5 Å². The summed E-state index contributed by atoms with van der Waals surface area (Å²) >= 11 is 0. The molecule has 0 fully saturated rings. The summed E-state index contributed by atoms with van der Waals surface area (Å²) in [6, 6.07) is 17.5. The van der Waals surface area contributed by atoms with Gasteiger partial charge in [-0.1, -0.05) is 42.5 Å². The predicted octanol–water partition coefficient (Wildman–Crippen LogP) is 3.36. The molecule has 5 rings (SSSR count). The van der Waals surface area contributed by atoms with Crippen molar-refractivity contribution in [1.82, 2.24) is 19.2 Å². The van der Waals surface area contributed by atoms with Crippen molar-refractivity contribution >= 4 is 5.91 Å². The topological polar surface area (TPSA) is 60.1 Å². The van der Waals surface area contributed by atoms with E-state index in [1.165, 1.54) is 15.8 Å². The highest BCUT2D eigenvalue weighted by Gasteiger charge is 2.28. The molecule has 0 spiro atoms. The summed E-state index contributed by atoms with van der Waals surface area (Å²) in [4.78, 5) is 28.4. The van der Waals surface area contributed by atoms with Crippen LogP contribution in [0.1, 0.15) is 28.4 Å². The van der Waals surface area contributed by atoms with E-state index in [9.17, 15) is 9.59 Å². The van der Waals surface area contributed by atoms with E-state index in [4.69, 9.17) is 0 Å². The zero-order valence-electron chi connectivity index (χ0n) is 16.8. The first kappa shape index (κ1) is 18.4. The number of hydrogen-bond acceptors (Lipinski definition) is 3. The fraction of sp³-hybridized carbons (Fsp3) is 0.208. The van der Waals surface area contributed by atoms with Gasteiger partial charge in [-0.3, -0.25) is 9.59 Å². The van der Waals surface area contributed by atoms with Gasteiger partial charge in [-0.2, -0.15) is 9.78 Å². The van der Waals surface area contributed by atoms with Crippen LogP contribution in [0.5, 0.6) is 0 Å². The predicted molar refractivity (Wildman–Crippen MR) is 115 cm³/mol. The number of amides is 1. The van der Waals surface area contributed by atoms with Gasteiger partial charge in [0, 0.05) is 32.0 Å². The Balaban J connectivity index is 1.60. The largest absolute Gasteiger partial charge is 0.353 e. The molecule has 3 aliphatic heterocycles. The number of carbonyl (C=O) groups is 1. The van der Waals surface area contributed by atoms with Crippen LogP contribution in [-0.2, 0) is 19.5 Å². The Morgan fingerprint density at radius 2 is 1.73 bits per heavy atom. The molecule has 0 saturated heterocycles. The van der Waals surface area contributed by atoms with Gasteiger partial charge in [0.1, 0.15) is 5.69 Å². The van der Waals surface area contributed by atoms with Crippen molar-refractivity contribution in [3.8, 4) is 16.9 Å². The molecule has 2 aromatic rings. The van der Waals surface area contributed by atoms with Crippen molar-refractivity contribution in [2.24, 2.45) is 0 Å². The summed E-state index contributed by atoms with van der Waals surface area (Å²) in [7, 11) is 0. The summed E-state index contributed by atoms with van der Waals surface area (Å²) in [5.74, 6) is -0.0879. The highest BCUT2D eigenvalue weighted by Crippen LogP contribution is 2.26. The summed E-state index contributed by atoms with van der Waals surface area (Å²) < 4.78 is 3.26. The highest BCUT2D eigenvalue weighted by atomic mass is 16.2. The van der Waals surface area contributed by atoms with E-state index in [0.717, 1.165) is 6.42 Å². The first-order valence-corrected chi connectivity index (χ1v) is 10.2. The molecule has 0 saturated carbocycles. The summed E-state index contributed by atoms with van der Waals surface area (Å²) in [6.07, 6.45) is 4.43. The summed E-state index contributed by atoms with van der Waals surface area (Å²) in [6.45, 7) is 3.88. The van der Waals surface area contributed by atoms with Crippen LogP contribution in [0, 0.1) is 0 Å². The van der Waals surface area contributed by atoms with Crippen LogP contribution >= 0.6 is 0 Å². The Labute approximate surface area is 174 Å². The van der Waals surface area contributed by atoms with Crippen LogP contribution in [-0.4, -0.2) is 31.7 Å². The second-order valence-corrected chi connectivity index (χ2v) is 7.56. The fourth-order valence-corrected chi connectivity index (χ4v) is 4.08. The quantitative estimate of drug-likeness (QED) is 0.532. The van der Waals surface area contributed by atoms with Crippen LogP contribution in [0.15, 0.2) is 71.8 Å². The Morgan fingerprint density at radius 3 is 2.50 bits per heavy atom. The molecule has 6 nitrogen and oxygen atoms in total. The number of para-hydroxylation sites is 1. The molecule has 0 aromatic heterocycles. The fourth-order valence-electron chi connectivity index (χ4n) is 4.08. The number of benzene rings is 2. The lowest BCUT2D eigenvalue weighted by Gasteiger charge is -2.29. The van der Waals surface area contributed by atoms with Crippen LogP contribution in [0.25, 0.3) is 16.9 Å². The average molecular weight is 398 g/mol. The smallest absolute Gasteiger partial charge is 0.282 e. The van der Waals surface area contributed by atoms with Gasteiger partial charge in [0.25, 0.3) is 11.5 Å². The van der Waals surface area contributed by atoms with E-state index in [1.807, 2.05) is 65.1 Å². The first-order valence-electron chi connectivity index (χ1n) is 10.2. The Hall–Kier alpha value is -3.67. The molecule has 0 bridgehead atoms. The molecule has 0 unspecified atom stereocenters. The number of carbonyl (C=O) groups excluding carboxylic acids is 1. The summed E-state index contributed by atoms with van der Waals surface area (Å²) in [5, 5.41) is 4.56. The Morgan fingerprint density at radius 1 is 1.00 bits per heavy atom. The van der Waals surface area contributed by atoms with Crippen molar-refractivity contribution in [1.29, 1.82) is 0 Å². The van der Waals surface area contributed by atoms with Gasteiger partial charge in [-0.15, -0.1) is 0 Å². The molecule has 3 aliphatic rings. The van der Waals surface area contributed by atoms with Crippen molar-refractivity contribution in [2.75, 3.05) is 6.54 Å². The van der Waals surface area contributed by atoms with Crippen LogP contribution in [0.3, 0.4) is 0 Å². The van der Waals surface area contributed by atoms with Crippen molar-refractivity contribution in [3.63, 3.8) is 0 Å². The van der Waals surface area contributed by atoms with Gasteiger partial charge < -0.3 is 9.47 Å². The monoisotopic (exact) mass is 398 g/mol. The van der Waals surface area contributed by atoms with E-state index < -0.39 is 0 Å². The van der Waals surface area contributed by atoms with Crippen molar-refractivity contribution in [2.45, 2.75) is 26.4 Å². The van der Waals surface area contributed by atoms with Crippen molar-refractivity contribution in [3.05, 3.63) is 94.0 Å². The summed E-state index contributed by atoms with van der Waals surface area (Å²) in [5.41, 5.74) is 4.33. The van der Waals surface area contributed by atoms with Crippen LogP contribution in [0.2, 0.25) is 0 Å². The molecular formula is C24H22N4O2. The van der Waals surface area contributed by atoms with E-state index >= 15 is 0 Å². The zero-order chi connectivity index (χ0) is 20.7. The number of fused-ring (bicyclic) bond motifs is 2. The maximum atomic E-state index is 13.5. The standard InChI is InChI=1S/C24H22N4O2/c1-2-26-15-20(23(29)27-13-12-17-8-6-7-9-18(17)14-27)22-21(16-26)24(30)28(25-22)19-10-4-3-5-11-19/h3-11,15-16H,2,12-14H2,1H3.